The van der Waals surface area contributed by atoms with Gasteiger partial charge in [-0.05, 0) is 30.1 Å². The maximum Gasteiger partial charge on any atom is 0.171 e. The molecule has 2 rings (SSSR count). The third kappa shape index (κ3) is 5.48. The maximum absolute atomic E-state index is 6.26. The molecule has 0 spiro atoms. The first-order valence-corrected chi connectivity index (χ1v) is 10.9. The quantitative estimate of drug-likeness (QED) is 0.717. The molecule has 0 saturated heterocycles. The van der Waals surface area contributed by atoms with Crippen molar-refractivity contribution in [2.45, 2.75) is 46.6 Å². The van der Waals surface area contributed by atoms with Crippen molar-refractivity contribution in [3.63, 3.8) is 0 Å². The van der Waals surface area contributed by atoms with Crippen molar-refractivity contribution in [1.82, 2.24) is 4.98 Å². The van der Waals surface area contributed by atoms with E-state index in [0.29, 0.717) is 6.61 Å². The first-order chi connectivity index (χ1) is 10.9. The van der Waals surface area contributed by atoms with Gasteiger partial charge in [0.25, 0.3) is 0 Å². The lowest BCUT2D eigenvalue weighted by Crippen LogP contribution is -2.26. The molecular weight excluding hydrogens is 302 g/mol. The molecule has 0 saturated carbocycles. The summed E-state index contributed by atoms with van der Waals surface area (Å²) in [4.78, 5) is 4.35. The highest BCUT2D eigenvalue weighted by molar-refractivity contribution is 6.48. The van der Waals surface area contributed by atoms with Crippen molar-refractivity contribution >= 4 is 9.04 Å². The molecule has 1 atom stereocenters. The van der Waals surface area contributed by atoms with Gasteiger partial charge in [0.2, 0.25) is 0 Å². The molecule has 0 amide bonds. The van der Waals surface area contributed by atoms with Gasteiger partial charge in [-0.3, -0.25) is 4.98 Å². The van der Waals surface area contributed by atoms with E-state index in [-0.39, 0.29) is 11.5 Å². The van der Waals surface area contributed by atoms with Crippen molar-refractivity contribution in [1.29, 1.82) is 0 Å². The van der Waals surface area contributed by atoms with E-state index in [9.17, 15) is 0 Å². The second-order valence-electron chi connectivity index (χ2n) is 7.16. The standard InChI is InChI=1S/C19H27NO2Si/c1-19(2,3)18(22-23(4)5)16-11-17(13-20-12-16)21-14-15-9-7-6-8-10-15/h6-13,18,23H,14H2,1-5H3. The molecule has 0 aliphatic heterocycles. The molecule has 0 bridgehead atoms. The van der Waals surface area contributed by atoms with Gasteiger partial charge in [0.05, 0.1) is 12.3 Å². The largest absolute Gasteiger partial charge is 0.487 e. The summed E-state index contributed by atoms with van der Waals surface area (Å²) in [5.41, 5.74) is 2.26. The third-order valence-corrected chi connectivity index (χ3v) is 4.30. The molecule has 0 radical (unpaired) electrons. The summed E-state index contributed by atoms with van der Waals surface area (Å²) in [6, 6.07) is 12.2. The van der Waals surface area contributed by atoms with E-state index in [2.05, 4.69) is 57.0 Å². The molecule has 1 unspecified atom stereocenters. The van der Waals surface area contributed by atoms with E-state index in [1.165, 1.54) is 0 Å². The lowest BCUT2D eigenvalue weighted by atomic mass is 9.85. The Balaban J connectivity index is 2.14. The summed E-state index contributed by atoms with van der Waals surface area (Å²) in [6.45, 7) is 11.5. The van der Waals surface area contributed by atoms with Crippen LogP contribution in [-0.4, -0.2) is 14.0 Å². The van der Waals surface area contributed by atoms with Gasteiger partial charge >= 0.3 is 0 Å². The van der Waals surface area contributed by atoms with Gasteiger partial charge in [-0.25, -0.2) is 0 Å². The van der Waals surface area contributed by atoms with Crippen molar-refractivity contribution in [2.24, 2.45) is 5.41 Å². The lowest BCUT2D eigenvalue weighted by Gasteiger charge is -2.32. The number of ether oxygens (including phenoxy) is 1. The van der Waals surface area contributed by atoms with E-state index < -0.39 is 9.04 Å². The molecule has 3 nitrogen and oxygen atoms in total. The van der Waals surface area contributed by atoms with E-state index in [0.717, 1.165) is 16.9 Å². The molecule has 124 valence electrons. The van der Waals surface area contributed by atoms with E-state index in [1.54, 1.807) is 6.20 Å². The van der Waals surface area contributed by atoms with Gasteiger partial charge in [-0.1, -0.05) is 51.1 Å². The van der Waals surface area contributed by atoms with Gasteiger partial charge in [0, 0.05) is 11.8 Å². The summed E-state index contributed by atoms with van der Waals surface area (Å²) in [5, 5.41) is 0. The van der Waals surface area contributed by atoms with Crippen LogP contribution in [0.2, 0.25) is 13.1 Å². The predicted molar refractivity (Wildman–Crippen MR) is 97.2 cm³/mol. The van der Waals surface area contributed by atoms with E-state index >= 15 is 0 Å². The lowest BCUT2D eigenvalue weighted by molar-refractivity contribution is 0.0859. The second-order valence-corrected chi connectivity index (χ2v) is 9.53. The number of pyridine rings is 1. The van der Waals surface area contributed by atoms with Crippen molar-refractivity contribution in [3.8, 4) is 5.75 Å². The van der Waals surface area contributed by atoms with Gasteiger partial charge in [0.1, 0.15) is 12.4 Å². The molecule has 0 aliphatic carbocycles. The Hall–Kier alpha value is -1.65. The van der Waals surface area contributed by atoms with Crippen LogP contribution in [0.1, 0.15) is 38.0 Å². The summed E-state index contributed by atoms with van der Waals surface area (Å²) < 4.78 is 12.2. The fourth-order valence-corrected chi connectivity index (χ4v) is 3.56. The number of aromatic nitrogens is 1. The molecule has 0 N–H and O–H groups in total. The highest BCUT2D eigenvalue weighted by Crippen LogP contribution is 2.37. The minimum Gasteiger partial charge on any atom is -0.487 e. The van der Waals surface area contributed by atoms with Crippen LogP contribution in [0.5, 0.6) is 5.75 Å². The molecule has 0 aliphatic rings. The summed E-state index contributed by atoms with van der Waals surface area (Å²) >= 11 is 0. The first-order valence-electron chi connectivity index (χ1n) is 8.13. The zero-order valence-corrected chi connectivity index (χ0v) is 15.9. The van der Waals surface area contributed by atoms with Gasteiger partial charge < -0.3 is 9.16 Å². The van der Waals surface area contributed by atoms with Crippen LogP contribution >= 0.6 is 0 Å². The zero-order valence-electron chi connectivity index (χ0n) is 14.7. The fourth-order valence-electron chi connectivity index (χ4n) is 2.45. The van der Waals surface area contributed by atoms with Crippen LogP contribution in [-0.2, 0) is 11.0 Å². The molecule has 1 heterocycles. The Bertz CT molecular complexity index is 608. The molecule has 0 fully saturated rings. The Morgan fingerprint density at radius 3 is 2.39 bits per heavy atom. The Labute approximate surface area is 141 Å². The van der Waals surface area contributed by atoms with Crippen molar-refractivity contribution < 1.29 is 9.16 Å². The van der Waals surface area contributed by atoms with Crippen molar-refractivity contribution in [2.75, 3.05) is 0 Å². The molecule has 2 aromatic rings. The maximum atomic E-state index is 6.26. The Morgan fingerprint density at radius 1 is 1.09 bits per heavy atom. The highest BCUT2D eigenvalue weighted by atomic mass is 28.3. The van der Waals surface area contributed by atoms with Crippen molar-refractivity contribution in [3.05, 3.63) is 59.9 Å². The fraction of sp³-hybridized carbons (Fsp3) is 0.421. The Kier molecular flexibility index (Phi) is 5.96. The average Bonchev–Trinajstić information content (AvgIpc) is 2.51. The highest BCUT2D eigenvalue weighted by Gasteiger charge is 2.28. The average molecular weight is 330 g/mol. The minimum absolute atomic E-state index is 0.0248. The van der Waals surface area contributed by atoms with Crippen LogP contribution in [0.15, 0.2) is 48.8 Å². The molecule has 1 aromatic carbocycles. The monoisotopic (exact) mass is 329 g/mol. The SMILES string of the molecule is C[SiH](C)OC(c1cncc(OCc2ccccc2)c1)C(C)(C)C. The summed E-state index contributed by atoms with van der Waals surface area (Å²) in [6.07, 6.45) is 3.70. The number of rotatable bonds is 6. The molecule has 1 aromatic heterocycles. The van der Waals surface area contributed by atoms with Crippen LogP contribution < -0.4 is 4.74 Å². The molecule has 4 heteroatoms. The van der Waals surface area contributed by atoms with E-state index in [1.807, 2.05) is 24.4 Å². The smallest absolute Gasteiger partial charge is 0.171 e. The van der Waals surface area contributed by atoms with Crippen LogP contribution in [0.4, 0.5) is 0 Å². The number of hydrogen-bond acceptors (Lipinski definition) is 3. The minimum atomic E-state index is -1.15. The Morgan fingerprint density at radius 2 is 1.78 bits per heavy atom. The topological polar surface area (TPSA) is 31.4 Å². The van der Waals surface area contributed by atoms with Crippen LogP contribution in [0.25, 0.3) is 0 Å². The number of hydrogen-bond donors (Lipinski definition) is 0. The predicted octanol–water partition coefficient (Wildman–Crippen LogP) is 4.75. The zero-order chi connectivity index (χ0) is 16.9. The second kappa shape index (κ2) is 7.75. The first kappa shape index (κ1) is 17.7. The van der Waals surface area contributed by atoms with Gasteiger partial charge in [0.15, 0.2) is 9.04 Å². The number of benzene rings is 1. The van der Waals surface area contributed by atoms with E-state index in [4.69, 9.17) is 9.16 Å². The number of nitrogens with zero attached hydrogens (tertiary/aromatic N) is 1. The van der Waals surface area contributed by atoms with Crippen LogP contribution in [0.3, 0.4) is 0 Å². The molecule has 23 heavy (non-hydrogen) atoms. The van der Waals surface area contributed by atoms with Gasteiger partial charge in [-0.2, -0.15) is 0 Å². The van der Waals surface area contributed by atoms with Crippen LogP contribution in [0, 0.1) is 5.41 Å². The summed E-state index contributed by atoms with van der Waals surface area (Å²) in [7, 11) is -1.15. The third-order valence-electron chi connectivity index (χ3n) is 3.48. The normalized spacial score (nSPS) is 13.1. The summed E-state index contributed by atoms with van der Waals surface area (Å²) in [5.74, 6) is 0.787. The van der Waals surface area contributed by atoms with Gasteiger partial charge in [-0.15, -0.1) is 0 Å². The molecular formula is C19H27NO2Si.